The summed E-state index contributed by atoms with van der Waals surface area (Å²) in [5, 5.41) is 0.530. The number of esters is 1. The van der Waals surface area contributed by atoms with Gasteiger partial charge in [0.05, 0.1) is 12.5 Å². The molecule has 1 amide bonds. The Balaban J connectivity index is 1.44. The summed E-state index contributed by atoms with van der Waals surface area (Å²) < 4.78 is 16.3. The number of carbonyl (C=O) groups excluding carboxylic acids is 2. The van der Waals surface area contributed by atoms with Crippen LogP contribution in [-0.4, -0.2) is 25.2 Å². The first-order chi connectivity index (χ1) is 14.1. The molecule has 0 aliphatic carbocycles. The number of aryl methyl sites for hydroxylation is 1. The monoisotopic (exact) mass is 415 g/mol. The van der Waals surface area contributed by atoms with E-state index >= 15 is 0 Å². The van der Waals surface area contributed by atoms with Gasteiger partial charge in [0.2, 0.25) is 5.91 Å². The van der Waals surface area contributed by atoms with E-state index in [1.807, 2.05) is 31.2 Å². The summed E-state index contributed by atoms with van der Waals surface area (Å²) in [6.07, 6.45) is 0.966. The smallest absolute Gasteiger partial charge is 0.311 e. The van der Waals surface area contributed by atoms with Crippen LogP contribution in [0.4, 0.5) is 5.69 Å². The average Bonchev–Trinajstić information content (AvgIpc) is 3.13. The van der Waals surface area contributed by atoms with Crippen molar-refractivity contribution < 1.29 is 23.8 Å². The molecular formula is C22H22ClNO5. The molecule has 29 heavy (non-hydrogen) atoms. The van der Waals surface area contributed by atoms with E-state index in [2.05, 4.69) is 0 Å². The number of rotatable bonds is 5. The molecule has 152 valence electrons. The number of fused-ring (bicyclic) bond motifs is 1. The van der Waals surface area contributed by atoms with E-state index in [1.54, 1.807) is 17.0 Å². The number of benzene rings is 2. The second-order valence-electron chi connectivity index (χ2n) is 7.16. The lowest BCUT2D eigenvalue weighted by molar-refractivity contribution is -0.149. The van der Waals surface area contributed by atoms with E-state index in [-0.39, 0.29) is 25.7 Å². The van der Waals surface area contributed by atoms with Crippen LogP contribution in [-0.2, 0) is 38.7 Å². The summed E-state index contributed by atoms with van der Waals surface area (Å²) in [6.45, 7) is 2.97. The largest absolute Gasteiger partial charge is 0.467 e. The van der Waals surface area contributed by atoms with Crippen molar-refractivity contribution in [2.24, 2.45) is 5.92 Å². The molecule has 2 aromatic rings. The molecule has 0 bridgehead atoms. The van der Waals surface area contributed by atoms with Crippen LogP contribution in [0, 0.1) is 5.92 Å². The fraction of sp³-hybridized carbons (Fsp3) is 0.364. The van der Waals surface area contributed by atoms with Gasteiger partial charge in [-0.2, -0.15) is 0 Å². The Bertz CT molecular complexity index is 945. The summed E-state index contributed by atoms with van der Waals surface area (Å²) in [5.74, 6) is -0.301. The zero-order valence-electron chi connectivity index (χ0n) is 16.2. The molecule has 7 heteroatoms. The predicted octanol–water partition coefficient (Wildman–Crippen LogP) is 3.87. The first-order valence-electron chi connectivity index (χ1n) is 9.63. The molecular weight excluding hydrogens is 394 g/mol. The molecule has 2 aromatic carbocycles. The van der Waals surface area contributed by atoms with E-state index in [1.165, 1.54) is 0 Å². The Morgan fingerprint density at radius 1 is 1.28 bits per heavy atom. The van der Waals surface area contributed by atoms with E-state index in [0.717, 1.165) is 23.2 Å². The fourth-order valence-corrected chi connectivity index (χ4v) is 4.07. The van der Waals surface area contributed by atoms with Gasteiger partial charge in [-0.05, 0) is 30.2 Å². The van der Waals surface area contributed by atoms with E-state index < -0.39 is 11.9 Å². The van der Waals surface area contributed by atoms with Crippen molar-refractivity contribution in [3.05, 3.63) is 58.1 Å². The van der Waals surface area contributed by atoms with Crippen molar-refractivity contribution in [1.29, 1.82) is 0 Å². The van der Waals surface area contributed by atoms with Gasteiger partial charge in [0.15, 0.2) is 6.79 Å². The maximum Gasteiger partial charge on any atom is 0.311 e. The molecule has 0 unspecified atom stereocenters. The van der Waals surface area contributed by atoms with Crippen molar-refractivity contribution in [2.45, 2.75) is 33.0 Å². The molecule has 0 saturated carbocycles. The van der Waals surface area contributed by atoms with Gasteiger partial charge >= 0.3 is 5.97 Å². The molecule has 6 nitrogen and oxygen atoms in total. The first kappa shape index (κ1) is 19.7. The van der Waals surface area contributed by atoms with Gasteiger partial charge in [-0.15, -0.1) is 0 Å². The quantitative estimate of drug-likeness (QED) is 0.694. The fourth-order valence-electron chi connectivity index (χ4n) is 3.80. The second kappa shape index (κ2) is 8.43. The van der Waals surface area contributed by atoms with Gasteiger partial charge in [-0.3, -0.25) is 9.59 Å². The normalized spacial score (nSPS) is 18.3. The van der Waals surface area contributed by atoms with Crippen molar-refractivity contribution in [2.75, 3.05) is 18.2 Å². The highest BCUT2D eigenvalue weighted by Crippen LogP contribution is 2.33. The minimum Gasteiger partial charge on any atom is -0.467 e. The molecule has 0 radical (unpaired) electrons. The van der Waals surface area contributed by atoms with Crippen LogP contribution in [0.15, 0.2) is 36.4 Å². The van der Waals surface area contributed by atoms with Crippen molar-refractivity contribution >= 4 is 29.2 Å². The van der Waals surface area contributed by atoms with Gasteiger partial charge in [0, 0.05) is 34.8 Å². The summed E-state index contributed by atoms with van der Waals surface area (Å²) in [4.78, 5) is 26.9. The number of anilines is 1. The van der Waals surface area contributed by atoms with Crippen LogP contribution in [0.25, 0.3) is 0 Å². The lowest BCUT2D eigenvalue weighted by Crippen LogP contribution is -2.27. The molecule has 2 aliphatic rings. The molecule has 0 N–H and O–H groups in total. The maximum atomic E-state index is 12.6. The topological polar surface area (TPSA) is 65.1 Å². The highest BCUT2D eigenvalue weighted by atomic mass is 35.5. The van der Waals surface area contributed by atoms with Crippen LogP contribution in [0.5, 0.6) is 5.75 Å². The molecule has 2 heterocycles. The molecule has 1 fully saturated rings. The molecule has 1 saturated heterocycles. The highest BCUT2D eigenvalue weighted by Gasteiger charge is 2.37. The predicted molar refractivity (Wildman–Crippen MR) is 108 cm³/mol. The standard InChI is InChI=1S/C22H22ClNO5/c1-2-14-5-3-4-6-19(14)24-10-15(9-20(24)25)22(26)28-12-17-8-18(23)7-16-11-27-13-29-21(16)17/h3-8,15H,2,9-13H2,1H3/t15-/m1/s1. The lowest BCUT2D eigenvalue weighted by Gasteiger charge is -2.21. The van der Waals surface area contributed by atoms with Crippen LogP contribution in [0.2, 0.25) is 5.02 Å². The van der Waals surface area contributed by atoms with E-state index in [4.69, 9.17) is 25.8 Å². The van der Waals surface area contributed by atoms with Gasteiger partial charge in [0.25, 0.3) is 0 Å². The Labute approximate surface area is 174 Å². The molecule has 1 atom stereocenters. The molecule has 0 aromatic heterocycles. The summed E-state index contributed by atoms with van der Waals surface area (Å²) in [5.41, 5.74) is 3.47. The highest BCUT2D eigenvalue weighted by molar-refractivity contribution is 6.30. The number of hydrogen-bond acceptors (Lipinski definition) is 5. The van der Waals surface area contributed by atoms with E-state index in [0.29, 0.717) is 29.5 Å². The summed E-state index contributed by atoms with van der Waals surface area (Å²) in [7, 11) is 0. The minimum atomic E-state index is -0.494. The van der Waals surface area contributed by atoms with Gasteiger partial charge in [-0.25, -0.2) is 0 Å². The summed E-state index contributed by atoms with van der Waals surface area (Å²) in [6, 6.07) is 11.3. The third-order valence-electron chi connectivity index (χ3n) is 5.24. The average molecular weight is 416 g/mol. The third kappa shape index (κ3) is 4.09. The van der Waals surface area contributed by atoms with Gasteiger partial charge in [0.1, 0.15) is 12.4 Å². The van der Waals surface area contributed by atoms with Crippen LogP contribution < -0.4 is 9.64 Å². The van der Waals surface area contributed by atoms with E-state index in [9.17, 15) is 9.59 Å². The number of carbonyl (C=O) groups is 2. The van der Waals surface area contributed by atoms with Crippen LogP contribution in [0.3, 0.4) is 0 Å². The Morgan fingerprint density at radius 2 is 2.10 bits per heavy atom. The Morgan fingerprint density at radius 3 is 2.93 bits per heavy atom. The summed E-state index contributed by atoms with van der Waals surface area (Å²) >= 11 is 6.16. The van der Waals surface area contributed by atoms with Crippen LogP contribution in [0.1, 0.15) is 30.0 Å². The van der Waals surface area contributed by atoms with Gasteiger partial charge < -0.3 is 19.1 Å². The zero-order chi connectivity index (χ0) is 20.4. The van der Waals surface area contributed by atoms with Gasteiger partial charge in [-0.1, -0.05) is 36.7 Å². The zero-order valence-corrected chi connectivity index (χ0v) is 16.9. The second-order valence-corrected chi connectivity index (χ2v) is 7.60. The van der Waals surface area contributed by atoms with Crippen molar-refractivity contribution in [3.8, 4) is 5.75 Å². The number of amides is 1. The Hall–Kier alpha value is -2.57. The number of para-hydroxylation sites is 1. The molecule has 2 aliphatic heterocycles. The third-order valence-corrected chi connectivity index (χ3v) is 5.46. The lowest BCUT2D eigenvalue weighted by atomic mass is 10.1. The SMILES string of the molecule is CCc1ccccc1N1C[C@H](C(=O)OCc2cc(Cl)cc3c2OCOC3)CC1=O. The number of hydrogen-bond donors (Lipinski definition) is 0. The van der Waals surface area contributed by atoms with Crippen molar-refractivity contribution in [3.63, 3.8) is 0 Å². The van der Waals surface area contributed by atoms with Crippen LogP contribution >= 0.6 is 11.6 Å². The first-order valence-corrected chi connectivity index (χ1v) is 10.0. The number of nitrogens with zero attached hydrogens (tertiary/aromatic N) is 1. The number of ether oxygens (including phenoxy) is 3. The maximum absolute atomic E-state index is 12.6. The number of halogens is 1. The Kier molecular flexibility index (Phi) is 5.74. The van der Waals surface area contributed by atoms with Crippen molar-refractivity contribution in [1.82, 2.24) is 0 Å². The molecule has 4 rings (SSSR count). The molecule has 0 spiro atoms. The minimum absolute atomic E-state index is 0.0396.